The molecule has 0 spiro atoms. The highest BCUT2D eigenvalue weighted by Crippen LogP contribution is 2.42. The Balaban J connectivity index is 2.04. The number of aromatic nitrogens is 2. The van der Waals surface area contributed by atoms with Gasteiger partial charge in [0.1, 0.15) is 18.3 Å². The number of rotatable bonds is 2. The zero-order chi connectivity index (χ0) is 15.4. The molecule has 2 saturated heterocycles. The maximum Gasteiger partial charge on any atom is 0.330 e. The number of H-pyrrole nitrogens is 1. The molecule has 2 N–H and O–H groups in total. The number of hydrogen-bond donors (Lipinski definition) is 2. The van der Waals surface area contributed by atoms with E-state index in [1.165, 1.54) is 10.6 Å². The van der Waals surface area contributed by atoms with E-state index in [0.717, 1.165) is 0 Å². The highest BCUT2D eigenvalue weighted by Gasteiger charge is 2.56. The Kier molecular flexibility index (Phi) is 3.28. The summed E-state index contributed by atoms with van der Waals surface area (Å²) in [6, 6.07) is 1.31. The number of aryl methyl sites for hydroxylation is 1. The Morgan fingerprint density at radius 1 is 1.33 bits per heavy atom. The largest absolute Gasteiger partial charge is 0.394 e. The monoisotopic (exact) mass is 298 g/mol. The fourth-order valence-corrected chi connectivity index (χ4v) is 2.95. The Bertz CT molecular complexity index is 663. The second kappa shape index (κ2) is 4.77. The summed E-state index contributed by atoms with van der Waals surface area (Å²) in [5.41, 5.74) is -0.582. The summed E-state index contributed by atoms with van der Waals surface area (Å²) in [7, 11) is 0. The van der Waals surface area contributed by atoms with Crippen LogP contribution in [0.3, 0.4) is 0 Å². The van der Waals surface area contributed by atoms with Crippen molar-refractivity contribution in [2.45, 2.75) is 51.1 Å². The summed E-state index contributed by atoms with van der Waals surface area (Å²) in [4.78, 5) is 25.6. The van der Waals surface area contributed by atoms with Gasteiger partial charge in [-0.3, -0.25) is 14.3 Å². The predicted molar refractivity (Wildman–Crippen MR) is 70.9 cm³/mol. The maximum atomic E-state index is 12.1. The summed E-state index contributed by atoms with van der Waals surface area (Å²) in [5, 5.41) is 9.42. The molecule has 3 heterocycles. The van der Waals surface area contributed by atoms with Crippen LogP contribution in [0.1, 0.15) is 25.8 Å². The van der Waals surface area contributed by atoms with E-state index in [0.29, 0.717) is 5.69 Å². The van der Waals surface area contributed by atoms with Crippen LogP contribution in [0.5, 0.6) is 0 Å². The van der Waals surface area contributed by atoms with Gasteiger partial charge in [0, 0.05) is 11.8 Å². The Morgan fingerprint density at radius 3 is 2.62 bits per heavy atom. The van der Waals surface area contributed by atoms with Gasteiger partial charge in [-0.15, -0.1) is 0 Å². The van der Waals surface area contributed by atoms with Gasteiger partial charge in [-0.05, 0) is 20.8 Å². The summed E-state index contributed by atoms with van der Waals surface area (Å²) in [6.07, 6.45) is -2.33. The summed E-state index contributed by atoms with van der Waals surface area (Å²) in [5.74, 6) is -0.815. The summed E-state index contributed by atoms with van der Waals surface area (Å²) < 4.78 is 18.6. The van der Waals surface area contributed by atoms with Crippen molar-refractivity contribution in [1.82, 2.24) is 9.55 Å². The van der Waals surface area contributed by atoms with Crippen molar-refractivity contribution in [3.63, 3.8) is 0 Å². The molecule has 2 fully saturated rings. The maximum absolute atomic E-state index is 12.1. The molecule has 1 aromatic rings. The van der Waals surface area contributed by atoms with Crippen LogP contribution in [-0.4, -0.2) is 45.4 Å². The van der Waals surface area contributed by atoms with Crippen LogP contribution in [0.25, 0.3) is 0 Å². The Morgan fingerprint density at radius 2 is 2.00 bits per heavy atom. The van der Waals surface area contributed by atoms with Crippen molar-refractivity contribution >= 4 is 0 Å². The standard InChI is InChI=1S/C13H18N2O6/c1-6-4-8(17)14-12(18)15(6)11-10-9(7(5-16)19-11)20-13(2,3)21-10/h4,7,9-11,16H,5H2,1-3H3,(H,14,17,18)/t7-,9-,10-,11-/m1/s1. The fourth-order valence-electron chi connectivity index (χ4n) is 2.95. The molecule has 0 aliphatic carbocycles. The van der Waals surface area contributed by atoms with E-state index in [9.17, 15) is 14.7 Å². The van der Waals surface area contributed by atoms with Crippen molar-refractivity contribution in [1.29, 1.82) is 0 Å². The molecule has 0 amide bonds. The number of aliphatic hydroxyl groups is 1. The second-order valence-electron chi connectivity index (χ2n) is 5.76. The van der Waals surface area contributed by atoms with E-state index in [4.69, 9.17) is 14.2 Å². The molecule has 0 aromatic carbocycles. The molecule has 0 saturated carbocycles. The minimum absolute atomic E-state index is 0.242. The molecular formula is C13H18N2O6. The average Bonchev–Trinajstić information content (AvgIpc) is 2.82. The van der Waals surface area contributed by atoms with E-state index in [-0.39, 0.29) is 6.61 Å². The number of nitrogens with zero attached hydrogens (tertiary/aromatic N) is 1. The molecule has 0 bridgehead atoms. The fraction of sp³-hybridized carbons (Fsp3) is 0.692. The lowest BCUT2D eigenvalue weighted by Crippen LogP contribution is -2.38. The number of fused-ring (bicyclic) bond motifs is 1. The molecule has 0 unspecified atom stereocenters. The molecule has 4 atom stereocenters. The zero-order valence-corrected chi connectivity index (χ0v) is 12.0. The number of nitrogens with one attached hydrogen (secondary N) is 1. The third kappa shape index (κ3) is 2.34. The van der Waals surface area contributed by atoms with Gasteiger partial charge in [-0.2, -0.15) is 0 Å². The van der Waals surface area contributed by atoms with Crippen LogP contribution >= 0.6 is 0 Å². The van der Waals surface area contributed by atoms with Crippen LogP contribution < -0.4 is 11.2 Å². The first kappa shape index (κ1) is 14.5. The molecular weight excluding hydrogens is 280 g/mol. The summed E-state index contributed by atoms with van der Waals surface area (Å²) >= 11 is 0. The first-order chi connectivity index (χ1) is 9.82. The van der Waals surface area contributed by atoms with Crippen LogP contribution in [0.15, 0.2) is 15.7 Å². The molecule has 8 nitrogen and oxygen atoms in total. The molecule has 116 valence electrons. The molecule has 21 heavy (non-hydrogen) atoms. The van der Waals surface area contributed by atoms with E-state index >= 15 is 0 Å². The molecule has 8 heteroatoms. The highest BCUT2D eigenvalue weighted by atomic mass is 16.8. The molecule has 0 radical (unpaired) electrons. The van der Waals surface area contributed by atoms with Gasteiger partial charge in [0.2, 0.25) is 0 Å². The lowest BCUT2D eigenvalue weighted by atomic mass is 10.1. The number of aliphatic hydroxyl groups excluding tert-OH is 1. The minimum Gasteiger partial charge on any atom is -0.394 e. The van der Waals surface area contributed by atoms with E-state index in [1.54, 1.807) is 20.8 Å². The van der Waals surface area contributed by atoms with E-state index in [2.05, 4.69) is 4.98 Å². The minimum atomic E-state index is -0.815. The average molecular weight is 298 g/mol. The lowest BCUT2D eigenvalue weighted by molar-refractivity contribution is -0.200. The van der Waals surface area contributed by atoms with Crippen LogP contribution in [0.4, 0.5) is 0 Å². The number of ether oxygens (including phenoxy) is 3. The molecule has 3 rings (SSSR count). The third-order valence-electron chi connectivity index (χ3n) is 3.73. The smallest absolute Gasteiger partial charge is 0.330 e. The normalized spacial score (nSPS) is 34.1. The van der Waals surface area contributed by atoms with Gasteiger partial charge in [-0.25, -0.2) is 4.79 Å². The molecule has 2 aliphatic rings. The quantitative estimate of drug-likeness (QED) is 0.745. The predicted octanol–water partition coefficient (Wildman–Crippen LogP) is -0.745. The van der Waals surface area contributed by atoms with Crippen LogP contribution in [0.2, 0.25) is 0 Å². The number of aromatic amines is 1. The van der Waals surface area contributed by atoms with Crippen molar-refractivity contribution in [3.8, 4) is 0 Å². The van der Waals surface area contributed by atoms with Gasteiger partial charge >= 0.3 is 5.69 Å². The topological polar surface area (TPSA) is 103 Å². The van der Waals surface area contributed by atoms with E-state index in [1.807, 2.05) is 0 Å². The SMILES string of the molecule is Cc1cc(=O)[nH]c(=O)n1[C@@H]1O[C@H](CO)[C@H]2OC(C)(C)O[C@H]21. The first-order valence-corrected chi connectivity index (χ1v) is 6.77. The van der Waals surface area contributed by atoms with Gasteiger partial charge in [0.05, 0.1) is 6.61 Å². The van der Waals surface area contributed by atoms with Gasteiger partial charge in [0.25, 0.3) is 5.56 Å². The molecule has 2 aliphatic heterocycles. The van der Waals surface area contributed by atoms with Gasteiger partial charge in [0.15, 0.2) is 12.0 Å². The van der Waals surface area contributed by atoms with Crippen molar-refractivity contribution in [2.75, 3.05) is 6.61 Å². The van der Waals surface area contributed by atoms with Crippen LogP contribution in [0, 0.1) is 6.92 Å². The third-order valence-corrected chi connectivity index (χ3v) is 3.73. The van der Waals surface area contributed by atoms with Crippen LogP contribution in [-0.2, 0) is 14.2 Å². The van der Waals surface area contributed by atoms with Gasteiger partial charge < -0.3 is 19.3 Å². The van der Waals surface area contributed by atoms with Crippen molar-refractivity contribution < 1.29 is 19.3 Å². The van der Waals surface area contributed by atoms with Crippen molar-refractivity contribution in [2.24, 2.45) is 0 Å². The van der Waals surface area contributed by atoms with E-state index < -0.39 is 41.6 Å². The second-order valence-corrected chi connectivity index (χ2v) is 5.76. The Labute approximate surface area is 120 Å². The van der Waals surface area contributed by atoms with Crippen molar-refractivity contribution in [3.05, 3.63) is 32.6 Å². The number of hydrogen-bond acceptors (Lipinski definition) is 6. The Hall–Kier alpha value is -1.48. The lowest BCUT2D eigenvalue weighted by Gasteiger charge is -2.25. The zero-order valence-electron chi connectivity index (χ0n) is 12.0. The van der Waals surface area contributed by atoms with Gasteiger partial charge in [-0.1, -0.05) is 0 Å². The first-order valence-electron chi connectivity index (χ1n) is 6.77. The highest BCUT2D eigenvalue weighted by molar-refractivity contribution is 5.04. The molecule has 1 aromatic heterocycles. The summed E-state index contributed by atoms with van der Waals surface area (Å²) in [6.45, 7) is 4.93.